The Kier molecular flexibility index (Phi) is 5.38. The number of hydrogen-bond acceptors (Lipinski definition) is 3. The standard InChI is InChI=1S/C11H19F3N2O2S.ClH/c1-19(17,18)16-7-2-9(11(12,13)14)10(8-16)3-5-15-6-4-10;/h9,15H,2-8H2,1H3;1H/t9-;/m1./s1. The van der Waals surface area contributed by atoms with E-state index in [1.165, 1.54) is 4.31 Å². The average Bonchev–Trinajstić information content (AvgIpc) is 2.27. The van der Waals surface area contributed by atoms with E-state index in [-0.39, 0.29) is 31.9 Å². The lowest BCUT2D eigenvalue weighted by atomic mass is 9.65. The van der Waals surface area contributed by atoms with Crippen LogP contribution in [0.1, 0.15) is 19.3 Å². The van der Waals surface area contributed by atoms with Crippen LogP contribution >= 0.6 is 12.4 Å². The van der Waals surface area contributed by atoms with E-state index in [4.69, 9.17) is 0 Å². The van der Waals surface area contributed by atoms with Crippen molar-refractivity contribution < 1.29 is 21.6 Å². The summed E-state index contributed by atoms with van der Waals surface area (Å²) in [6.45, 7) is 1.00. The van der Waals surface area contributed by atoms with Gasteiger partial charge in [-0.05, 0) is 37.8 Å². The molecule has 0 aromatic carbocycles. The topological polar surface area (TPSA) is 49.4 Å². The van der Waals surface area contributed by atoms with Gasteiger partial charge in [-0.2, -0.15) is 13.2 Å². The fraction of sp³-hybridized carbons (Fsp3) is 1.00. The van der Waals surface area contributed by atoms with E-state index in [1.807, 2.05) is 0 Å². The molecule has 1 spiro atoms. The summed E-state index contributed by atoms with van der Waals surface area (Å²) in [6.07, 6.45) is -2.56. The molecule has 0 saturated carbocycles. The van der Waals surface area contributed by atoms with Crippen LogP contribution in [0.15, 0.2) is 0 Å². The van der Waals surface area contributed by atoms with Gasteiger partial charge in [0.2, 0.25) is 10.0 Å². The Morgan fingerprint density at radius 1 is 1.25 bits per heavy atom. The second-order valence-electron chi connectivity index (χ2n) is 5.59. The smallest absolute Gasteiger partial charge is 0.317 e. The lowest BCUT2D eigenvalue weighted by molar-refractivity contribution is -0.223. The molecule has 2 aliphatic rings. The van der Waals surface area contributed by atoms with Crippen LogP contribution in [0.5, 0.6) is 0 Å². The Bertz CT molecular complexity index is 435. The van der Waals surface area contributed by atoms with Gasteiger partial charge in [0.15, 0.2) is 0 Å². The zero-order valence-corrected chi connectivity index (χ0v) is 12.9. The number of nitrogens with zero attached hydrogens (tertiary/aromatic N) is 1. The third-order valence-corrected chi connectivity index (χ3v) is 5.61. The normalized spacial score (nSPS) is 28.1. The van der Waals surface area contributed by atoms with Crippen molar-refractivity contribution in [1.82, 2.24) is 9.62 Å². The largest absolute Gasteiger partial charge is 0.392 e. The highest BCUT2D eigenvalue weighted by atomic mass is 35.5. The number of alkyl halides is 3. The van der Waals surface area contributed by atoms with E-state index in [9.17, 15) is 21.6 Å². The summed E-state index contributed by atoms with van der Waals surface area (Å²) in [6, 6.07) is 0. The van der Waals surface area contributed by atoms with Gasteiger partial charge >= 0.3 is 6.18 Å². The zero-order valence-electron chi connectivity index (χ0n) is 11.2. The van der Waals surface area contributed by atoms with Crippen molar-refractivity contribution in [2.45, 2.75) is 25.4 Å². The average molecular weight is 337 g/mol. The van der Waals surface area contributed by atoms with Crippen LogP contribution in [-0.4, -0.2) is 51.3 Å². The number of rotatable bonds is 1. The zero-order chi connectivity index (χ0) is 14.3. The number of piperidine rings is 2. The molecule has 1 atom stereocenters. The number of halogens is 4. The quantitative estimate of drug-likeness (QED) is 0.791. The molecule has 0 amide bonds. The van der Waals surface area contributed by atoms with Gasteiger partial charge in [-0.3, -0.25) is 0 Å². The SMILES string of the molecule is CS(=O)(=O)N1CC[C@@H](C(F)(F)F)C2(CCNCC2)C1.Cl. The third-order valence-electron chi connectivity index (χ3n) is 4.36. The summed E-state index contributed by atoms with van der Waals surface area (Å²) < 4.78 is 64.0. The van der Waals surface area contributed by atoms with Crippen LogP contribution < -0.4 is 5.32 Å². The summed E-state index contributed by atoms with van der Waals surface area (Å²) in [5.41, 5.74) is -0.954. The van der Waals surface area contributed by atoms with Crippen LogP contribution in [0.25, 0.3) is 0 Å². The van der Waals surface area contributed by atoms with Gasteiger partial charge < -0.3 is 5.32 Å². The highest BCUT2D eigenvalue weighted by Gasteiger charge is 2.56. The second-order valence-corrected chi connectivity index (χ2v) is 7.57. The number of sulfonamides is 1. The molecule has 2 aliphatic heterocycles. The molecular weight excluding hydrogens is 317 g/mol. The minimum atomic E-state index is -4.25. The molecule has 2 saturated heterocycles. The van der Waals surface area contributed by atoms with Crippen LogP contribution in [0.2, 0.25) is 0 Å². The van der Waals surface area contributed by atoms with Gasteiger partial charge in [0, 0.05) is 13.1 Å². The summed E-state index contributed by atoms with van der Waals surface area (Å²) >= 11 is 0. The van der Waals surface area contributed by atoms with E-state index in [1.54, 1.807) is 0 Å². The van der Waals surface area contributed by atoms with Gasteiger partial charge in [-0.15, -0.1) is 12.4 Å². The van der Waals surface area contributed by atoms with E-state index in [2.05, 4.69) is 5.32 Å². The van der Waals surface area contributed by atoms with Crippen molar-refractivity contribution in [3.63, 3.8) is 0 Å². The van der Waals surface area contributed by atoms with Gasteiger partial charge in [0.05, 0.1) is 12.2 Å². The van der Waals surface area contributed by atoms with E-state index < -0.39 is 27.5 Å². The highest BCUT2D eigenvalue weighted by molar-refractivity contribution is 7.88. The molecule has 0 aromatic rings. The molecular formula is C11H20ClF3N2O2S. The van der Waals surface area contributed by atoms with Crippen molar-refractivity contribution in [2.24, 2.45) is 11.3 Å². The van der Waals surface area contributed by atoms with Crippen LogP contribution in [0, 0.1) is 11.3 Å². The minimum Gasteiger partial charge on any atom is -0.317 e. The summed E-state index contributed by atoms with van der Waals surface area (Å²) in [5.74, 6) is -1.39. The predicted molar refractivity (Wildman–Crippen MR) is 72.4 cm³/mol. The lowest BCUT2D eigenvalue weighted by Gasteiger charge is -2.50. The van der Waals surface area contributed by atoms with Crippen molar-refractivity contribution >= 4 is 22.4 Å². The fourth-order valence-electron chi connectivity index (χ4n) is 3.34. The van der Waals surface area contributed by atoms with Crippen LogP contribution in [0.3, 0.4) is 0 Å². The maximum Gasteiger partial charge on any atom is 0.392 e. The number of hydrogen-bond donors (Lipinski definition) is 1. The van der Waals surface area contributed by atoms with Crippen molar-refractivity contribution in [3.05, 3.63) is 0 Å². The van der Waals surface area contributed by atoms with Crippen molar-refractivity contribution in [3.8, 4) is 0 Å². The molecule has 0 radical (unpaired) electrons. The Hall–Kier alpha value is -0.0500. The molecule has 120 valence electrons. The highest BCUT2D eigenvalue weighted by Crippen LogP contribution is 2.50. The molecule has 20 heavy (non-hydrogen) atoms. The number of nitrogens with one attached hydrogen (secondary N) is 1. The molecule has 4 nitrogen and oxygen atoms in total. The Morgan fingerprint density at radius 3 is 2.25 bits per heavy atom. The summed E-state index contributed by atoms with van der Waals surface area (Å²) in [7, 11) is -3.42. The molecule has 2 fully saturated rings. The molecule has 9 heteroatoms. The fourth-order valence-corrected chi connectivity index (χ4v) is 4.27. The molecule has 0 bridgehead atoms. The lowest BCUT2D eigenvalue weighted by Crippen LogP contribution is -2.57. The first-order valence-corrected chi connectivity index (χ1v) is 8.23. The summed E-state index contributed by atoms with van der Waals surface area (Å²) in [4.78, 5) is 0. The van der Waals surface area contributed by atoms with Gasteiger partial charge in [-0.1, -0.05) is 0 Å². The van der Waals surface area contributed by atoms with Gasteiger partial charge in [-0.25, -0.2) is 12.7 Å². The summed E-state index contributed by atoms with van der Waals surface area (Å²) in [5, 5.41) is 3.05. The Balaban J connectivity index is 0.00000200. The van der Waals surface area contributed by atoms with Gasteiger partial charge in [0.25, 0.3) is 0 Å². The first kappa shape index (κ1) is 18.0. The van der Waals surface area contributed by atoms with E-state index >= 15 is 0 Å². The Morgan fingerprint density at radius 2 is 1.80 bits per heavy atom. The van der Waals surface area contributed by atoms with Crippen molar-refractivity contribution in [2.75, 3.05) is 32.4 Å². The van der Waals surface area contributed by atoms with Crippen molar-refractivity contribution in [1.29, 1.82) is 0 Å². The monoisotopic (exact) mass is 336 g/mol. The maximum atomic E-state index is 13.2. The molecule has 0 unspecified atom stereocenters. The second kappa shape index (κ2) is 5.98. The Labute approximate surface area is 123 Å². The molecule has 1 N–H and O–H groups in total. The van der Waals surface area contributed by atoms with Crippen LogP contribution in [-0.2, 0) is 10.0 Å². The maximum absolute atomic E-state index is 13.2. The van der Waals surface area contributed by atoms with Gasteiger partial charge in [0.1, 0.15) is 0 Å². The molecule has 0 aromatic heterocycles. The first-order chi connectivity index (χ1) is 8.65. The minimum absolute atomic E-state index is 0. The third kappa shape index (κ3) is 3.58. The molecule has 2 heterocycles. The van der Waals surface area contributed by atoms with E-state index in [0.29, 0.717) is 25.9 Å². The van der Waals surface area contributed by atoms with E-state index in [0.717, 1.165) is 6.26 Å². The molecule has 0 aliphatic carbocycles. The first-order valence-electron chi connectivity index (χ1n) is 6.38. The molecule has 2 rings (SSSR count). The van der Waals surface area contributed by atoms with Crippen LogP contribution in [0.4, 0.5) is 13.2 Å². The predicted octanol–water partition coefficient (Wildman–Crippen LogP) is 1.62.